The van der Waals surface area contributed by atoms with Crippen molar-refractivity contribution in [3.05, 3.63) is 70.8 Å². The second kappa shape index (κ2) is 9.67. The highest BCUT2D eigenvalue weighted by Crippen LogP contribution is 2.24. The van der Waals surface area contributed by atoms with Crippen LogP contribution in [-0.2, 0) is 11.2 Å². The van der Waals surface area contributed by atoms with Crippen molar-refractivity contribution in [3.8, 4) is 5.69 Å². The van der Waals surface area contributed by atoms with Gasteiger partial charge in [-0.05, 0) is 48.5 Å². The minimum absolute atomic E-state index is 0.0693. The number of benzene rings is 2. The van der Waals surface area contributed by atoms with Crippen molar-refractivity contribution in [2.75, 3.05) is 12.3 Å². The number of halogens is 2. The van der Waals surface area contributed by atoms with Crippen LogP contribution in [0.4, 0.5) is 4.39 Å². The third-order valence-corrected chi connectivity index (χ3v) is 5.19. The number of ketones is 1. The summed E-state index contributed by atoms with van der Waals surface area (Å²) in [4.78, 5) is 23.6. The van der Waals surface area contributed by atoms with E-state index in [1.165, 1.54) is 30.8 Å². The minimum Gasteiger partial charge on any atom is -0.356 e. The van der Waals surface area contributed by atoms with E-state index in [1.807, 2.05) is 0 Å². The Morgan fingerprint density at radius 3 is 2.45 bits per heavy atom. The molecule has 3 rings (SSSR count). The van der Waals surface area contributed by atoms with Crippen molar-refractivity contribution < 1.29 is 14.0 Å². The predicted molar refractivity (Wildman–Crippen MR) is 110 cm³/mol. The van der Waals surface area contributed by atoms with Gasteiger partial charge in [0.15, 0.2) is 10.9 Å². The molecule has 0 aliphatic carbocycles. The molecule has 0 spiro atoms. The van der Waals surface area contributed by atoms with E-state index in [0.717, 1.165) is 0 Å². The van der Waals surface area contributed by atoms with E-state index in [-0.39, 0.29) is 23.3 Å². The van der Waals surface area contributed by atoms with Crippen LogP contribution >= 0.6 is 23.4 Å². The van der Waals surface area contributed by atoms with E-state index in [1.54, 1.807) is 41.0 Å². The number of thioether (sulfide) groups is 1. The minimum atomic E-state index is -0.353. The molecule has 0 aliphatic heterocycles. The van der Waals surface area contributed by atoms with Crippen LogP contribution in [0.1, 0.15) is 23.1 Å². The Balaban J connectivity index is 1.80. The van der Waals surface area contributed by atoms with Crippen LogP contribution in [0.15, 0.2) is 53.7 Å². The fourth-order valence-electron chi connectivity index (χ4n) is 2.60. The van der Waals surface area contributed by atoms with Crippen LogP contribution < -0.4 is 5.32 Å². The molecule has 2 aromatic carbocycles. The van der Waals surface area contributed by atoms with Gasteiger partial charge in [0.25, 0.3) is 0 Å². The van der Waals surface area contributed by atoms with E-state index in [0.29, 0.717) is 40.2 Å². The molecular formula is C20H18ClFN4O2S. The fourth-order valence-corrected chi connectivity index (χ4v) is 3.60. The Morgan fingerprint density at radius 1 is 1.10 bits per heavy atom. The number of carbonyl (C=O) groups is 2. The molecule has 1 N–H and O–H groups in total. The summed E-state index contributed by atoms with van der Waals surface area (Å²) < 4.78 is 15.1. The number of amides is 1. The number of nitrogens with one attached hydrogen (secondary N) is 1. The molecular weight excluding hydrogens is 415 g/mol. The van der Waals surface area contributed by atoms with Crippen LogP contribution in [-0.4, -0.2) is 38.8 Å². The lowest BCUT2D eigenvalue weighted by atomic mass is 10.1. The highest BCUT2D eigenvalue weighted by molar-refractivity contribution is 7.99. The summed E-state index contributed by atoms with van der Waals surface area (Å²) in [6.45, 7) is 1.83. The molecule has 0 unspecified atom stereocenters. The van der Waals surface area contributed by atoms with Gasteiger partial charge >= 0.3 is 0 Å². The number of hydrogen-bond acceptors (Lipinski definition) is 5. The maximum absolute atomic E-state index is 13.3. The predicted octanol–water partition coefficient (Wildman–Crippen LogP) is 3.71. The van der Waals surface area contributed by atoms with Crippen molar-refractivity contribution in [1.82, 2.24) is 20.1 Å². The molecule has 0 atom stereocenters. The van der Waals surface area contributed by atoms with Crippen LogP contribution in [0, 0.1) is 5.82 Å². The molecule has 9 heteroatoms. The van der Waals surface area contributed by atoms with E-state index in [9.17, 15) is 14.0 Å². The number of carbonyl (C=O) groups excluding carboxylic acids is 2. The molecule has 3 aromatic rings. The SMILES string of the molecule is CC(=O)NCCc1nnc(SCC(=O)c2ccc(Cl)cc2)n1-c1ccc(F)cc1. The van der Waals surface area contributed by atoms with Gasteiger partial charge in [0.2, 0.25) is 5.91 Å². The van der Waals surface area contributed by atoms with Crippen molar-refractivity contribution >= 4 is 35.1 Å². The molecule has 0 bridgehead atoms. The molecule has 0 radical (unpaired) electrons. The maximum atomic E-state index is 13.3. The third-order valence-electron chi connectivity index (χ3n) is 4.01. The summed E-state index contributed by atoms with van der Waals surface area (Å²) >= 11 is 7.10. The summed E-state index contributed by atoms with van der Waals surface area (Å²) in [6, 6.07) is 12.6. The lowest BCUT2D eigenvalue weighted by Gasteiger charge is -2.10. The average molecular weight is 433 g/mol. The number of nitrogens with zero attached hydrogens (tertiary/aromatic N) is 3. The number of hydrogen-bond donors (Lipinski definition) is 1. The highest BCUT2D eigenvalue weighted by Gasteiger charge is 2.16. The molecule has 1 amide bonds. The quantitative estimate of drug-likeness (QED) is 0.433. The van der Waals surface area contributed by atoms with E-state index in [4.69, 9.17) is 11.6 Å². The van der Waals surface area contributed by atoms with Gasteiger partial charge < -0.3 is 5.32 Å². The van der Waals surface area contributed by atoms with Crippen LogP contribution in [0.2, 0.25) is 5.02 Å². The molecule has 150 valence electrons. The van der Waals surface area contributed by atoms with Gasteiger partial charge in [-0.3, -0.25) is 14.2 Å². The van der Waals surface area contributed by atoms with E-state index < -0.39 is 0 Å². The number of rotatable bonds is 8. The van der Waals surface area contributed by atoms with E-state index >= 15 is 0 Å². The molecule has 0 fully saturated rings. The zero-order valence-electron chi connectivity index (χ0n) is 15.6. The average Bonchev–Trinajstić information content (AvgIpc) is 3.10. The monoisotopic (exact) mass is 432 g/mol. The molecule has 1 heterocycles. The van der Waals surface area contributed by atoms with Gasteiger partial charge in [-0.15, -0.1) is 10.2 Å². The zero-order valence-corrected chi connectivity index (χ0v) is 17.1. The molecule has 6 nitrogen and oxygen atoms in total. The van der Waals surface area contributed by atoms with Gasteiger partial charge in [0, 0.05) is 36.2 Å². The largest absolute Gasteiger partial charge is 0.356 e. The molecule has 0 aliphatic rings. The lowest BCUT2D eigenvalue weighted by Crippen LogP contribution is -2.23. The summed E-state index contributed by atoms with van der Waals surface area (Å²) in [7, 11) is 0. The highest BCUT2D eigenvalue weighted by atomic mass is 35.5. The summed E-state index contributed by atoms with van der Waals surface area (Å²) in [6.07, 6.45) is 0.440. The number of aromatic nitrogens is 3. The van der Waals surface area contributed by atoms with Crippen LogP contribution in [0.3, 0.4) is 0 Å². The van der Waals surface area contributed by atoms with Gasteiger partial charge in [-0.25, -0.2) is 4.39 Å². The van der Waals surface area contributed by atoms with Gasteiger partial charge in [-0.1, -0.05) is 23.4 Å². The lowest BCUT2D eigenvalue weighted by molar-refractivity contribution is -0.118. The van der Waals surface area contributed by atoms with Crippen molar-refractivity contribution in [3.63, 3.8) is 0 Å². The first-order valence-electron chi connectivity index (χ1n) is 8.80. The molecule has 0 saturated heterocycles. The van der Waals surface area contributed by atoms with E-state index in [2.05, 4.69) is 15.5 Å². The van der Waals surface area contributed by atoms with Crippen molar-refractivity contribution in [2.24, 2.45) is 0 Å². The third kappa shape index (κ3) is 5.65. The summed E-state index contributed by atoms with van der Waals surface area (Å²) in [5.74, 6) is 0.203. The Bertz CT molecular complexity index is 1010. The standard InChI is InChI=1S/C20H18ClFN4O2S/c1-13(27)23-11-10-19-24-25-20(26(19)17-8-6-16(22)7-9-17)29-12-18(28)14-2-4-15(21)5-3-14/h2-9H,10-12H2,1H3,(H,23,27). The molecule has 1 aromatic heterocycles. The van der Waals surface area contributed by atoms with Crippen LogP contribution in [0.25, 0.3) is 5.69 Å². The Hall–Kier alpha value is -2.71. The Morgan fingerprint density at radius 2 is 1.79 bits per heavy atom. The first kappa shape index (κ1) is 21.0. The first-order chi connectivity index (χ1) is 13.9. The second-order valence-corrected chi connectivity index (χ2v) is 7.54. The Labute approximate surface area is 176 Å². The molecule has 0 saturated carbocycles. The van der Waals surface area contributed by atoms with Crippen molar-refractivity contribution in [2.45, 2.75) is 18.5 Å². The summed E-state index contributed by atoms with van der Waals surface area (Å²) in [5.41, 5.74) is 1.23. The van der Waals surface area contributed by atoms with Gasteiger partial charge in [0.05, 0.1) is 5.75 Å². The summed E-state index contributed by atoms with van der Waals surface area (Å²) in [5, 5.41) is 12.2. The van der Waals surface area contributed by atoms with Crippen LogP contribution in [0.5, 0.6) is 0 Å². The second-order valence-electron chi connectivity index (χ2n) is 6.16. The Kier molecular flexibility index (Phi) is 7.00. The van der Waals surface area contributed by atoms with Crippen molar-refractivity contribution in [1.29, 1.82) is 0 Å². The van der Waals surface area contributed by atoms with Gasteiger partial charge in [-0.2, -0.15) is 0 Å². The normalized spacial score (nSPS) is 10.7. The smallest absolute Gasteiger partial charge is 0.216 e. The maximum Gasteiger partial charge on any atom is 0.216 e. The zero-order chi connectivity index (χ0) is 20.8. The number of Topliss-reactive ketones (excluding diaryl/α,β-unsaturated/α-hetero) is 1. The first-order valence-corrected chi connectivity index (χ1v) is 10.2. The fraction of sp³-hybridized carbons (Fsp3) is 0.200. The topological polar surface area (TPSA) is 76.9 Å². The molecule has 29 heavy (non-hydrogen) atoms. The van der Waals surface area contributed by atoms with Gasteiger partial charge in [0.1, 0.15) is 11.6 Å².